The second-order valence-electron chi connectivity index (χ2n) is 6.05. The van der Waals surface area contributed by atoms with Crippen LogP contribution in [0.3, 0.4) is 0 Å². The Morgan fingerprint density at radius 3 is 2.48 bits per heavy atom. The van der Waals surface area contributed by atoms with E-state index in [-0.39, 0.29) is 12.4 Å². The Morgan fingerprint density at radius 2 is 1.79 bits per heavy atom. The molecule has 0 aliphatic rings. The first-order chi connectivity index (χ1) is 14.0. The third kappa shape index (κ3) is 6.08. The molecule has 3 aromatic rings. The summed E-state index contributed by atoms with van der Waals surface area (Å²) in [6, 6.07) is 22.1. The van der Waals surface area contributed by atoms with Gasteiger partial charge in [0.25, 0.3) is 0 Å². The lowest BCUT2D eigenvalue weighted by Gasteiger charge is -2.10. The molecule has 29 heavy (non-hydrogen) atoms. The van der Waals surface area contributed by atoms with Gasteiger partial charge in [0.1, 0.15) is 11.6 Å². The van der Waals surface area contributed by atoms with Gasteiger partial charge in [-0.2, -0.15) is 0 Å². The summed E-state index contributed by atoms with van der Waals surface area (Å²) in [5, 5.41) is 8.73. The molecule has 0 fully saturated rings. The first-order valence-electron chi connectivity index (χ1n) is 8.82. The van der Waals surface area contributed by atoms with E-state index in [1.807, 2.05) is 54.6 Å². The van der Waals surface area contributed by atoms with E-state index in [0.717, 1.165) is 19.6 Å². The molecule has 0 heterocycles. The van der Waals surface area contributed by atoms with Crippen molar-refractivity contribution in [1.82, 2.24) is 0 Å². The SMILES string of the molecule is O=C(O)COc1ccc(SC/C=C(/c2ccccc2)c2ccccc2F)cc1I. The average Bonchev–Trinajstić information content (AvgIpc) is 2.72. The summed E-state index contributed by atoms with van der Waals surface area (Å²) in [4.78, 5) is 11.7. The highest BCUT2D eigenvalue weighted by Gasteiger charge is 2.10. The zero-order valence-corrected chi connectivity index (χ0v) is 18.3. The Kier molecular flexibility index (Phi) is 7.71. The lowest BCUT2D eigenvalue weighted by Crippen LogP contribution is -2.10. The number of halogens is 2. The van der Waals surface area contributed by atoms with Crippen molar-refractivity contribution in [2.45, 2.75) is 4.90 Å². The number of aliphatic carboxylic acids is 1. The lowest BCUT2D eigenvalue weighted by atomic mass is 9.97. The van der Waals surface area contributed by atoms with Crippen LogP contribution in [0, 0.1) is 9.39 Å². The number of ether oxygens (including phenoxy) is 1. The maximum atomic E-state index is 14.4. The van der Waals surface area contributed by atoms with Gasteiger partial charge >= 0.3 is 5.97 Å². The van der Waals surface area contributed by atoms with Gasteiger partial charge in [0.05, 0.1) is 3.57 Å². The second kappa shape index (κ2) is 10.5. The quantitative estimate of drug-likeness (QED) is 0.287. The minimum absolute atomic E-state index is 0.248. The van der Waals surface area contributed by atoms with Crippen LogP contribution in [0.5, 0.6) is 5.75 Å². The minimum Gasteiger partial charge on any atom is -0.481 e. The Balaban J connectivity index is 1.78. The molecular formula is C23H18FIO3S. The summed E-state index contributed by atoms with van der Waals surface area (Å²) in [6.45, 7) is -0.367. The number of carboxylic acid groups (broad SMARTS) is 1. The molecule has 0 atom stereocenters. The van der Waals surface area contributed by atoms with Crippen LogP contribution in [0.1, 0.15) is 11.1 Å². The number of rotatable bonds is 8. The van der Waals surface area contributed by atoms with Crippen LogP contribution in [-0.4, -0.2) is 23.4 Å². The Labute approximate surface area is 186 Å². The number of thioether (sulfide) groups is 1. The molecule has 3 nitrogen and oxygen atoms in total. The summed E-state index contributed by atoms with van der Waals surface area (Å²) >= 11 is 3.74. The zero-order chi connectivity index (χ0) is 20.6. The molecule has 0 saturated carbocycles. The van der Waals surface area contributed by atoms with Gasteiger partial charge in [0.15, 0.2) is 6.61 Å². The van der Waals surface area contributed by atoms with E-state index in [4.69, 9.17) is 9.84 Å². The summed E-state index contributed by atoms with van der Waals surface area (Å²) in [6.07, 6.45) is 2.03. The molecule has 0 aliphatic carbocycles. The molecule has 0 radical (unpaired) electrons. The van der Waals surface area contributed by atoms with Crippen LogP contribution < -0.4 is 4.74 Å². The first-order valence-corrected chi connectivity index (χ1v) is 10.9. The average molecular weight is 520 g/mol. The van der Waals surface area contributed by atoms with Crippen LogP contribution in [0.25, 0.3) is 5.57 Å². The molecule has 0 spiro atoms. The molecule has 0 saturated heterocycles. The van der Waals surface area contributed by atoms with Crippen molar-refractivity contribution in [1.29, 1.82) is 0 Å². The maximum absolute atomic E-state index is 14.4. The van der Waals surface area contributed by atoms with Crippen LogP contribution in [0.2, 0.25) is 0 Å². The predicted molar refractivity (Wildman–Crippen MR) is 123 cm³/mol. The van der Waals surface area contributed by atoms with E-state index in [1.54, 1.807) is 30.0 Å². The van der Waals surface area contributed by atoms with E-state index in [0.29, 0.717) is 17.1 Å². The molecule has 0 unspecified atom stereocenters. The maximum Gasteiger partial charge on any atom is 0.341 e. The van der Waals surface area contributed by atoms with E-state index in [2.05, 4.69) is 22.6 Å². The van der Waals surface area contributed by atoms with Gasteiger partial charge in [-0.1, -0.05) is 54.6 Å². The van der Waals surface area contributed by atoms with Gasteiger partial charge in [0.2, 0.25) is 0 Å². The summed E-state index contributed by atoms with van der Waals surface area (Å²) < 4.78 is 20.5. The van der Waals surface area contributed by atoms with Crippen molar-refractivity contribution in [3.63, 3.8) is 0 Å². The predicted octanol–water partition coefficient (Wildman–Crippen LogP) is 6.12. The van der Waals surface area contributed by atoms with Crippen molar-refractivity contribution < 1.29 is 19.0 Å². The van der Waals surface area contributed by atoms with Crippen molar-refractivity contribution in [2.75, 3.05) is 12.4 Å². The van der Waals surface area contributed by atoms with Crippen molar-refractivity contribution in [3.05, 3.63) is 99.4 Å². The molecule has 1 N–H and O–H groups in total. The summed E-state index contributed by atoms with van der Waals surface area (Å²) in [5.74, 6) is -0.0541. The lowest BCUT2D eigenvalue weighted by molar-refractivity contribution is -0.139. The number of carbonyl (C=O) groups is 1. The molecule has 3 aromatic carbocycles. The van der Waals surface area contributed by atoms with E-state index in [1.165, 1.54) is 6.07 Å². The second-order valence-corrected chi connectivity index (χ2v) is 8.30. The fraction of sp³-hybridized carbons (Fsp3) is 0.0870. The molecule has 148 valence electrons. The van der Waals surface area contributed by atoms with Crippen LogP contribution in [0.15, 0.2) is 83.8 Å². The van der Waals surface area contributed by atoms with Crippen LogP contribution in [0.4, 0.5) is 4.39 Å². The molecule has 0 aromatic heterocycles. The summed E-state index contributed by atoms with van der Waals surface area (Å²) in [7, 11) is 0. The largest absolute Gasteiger partial charge is 0.481 e. The fourth-order valence-electron chi connectivity index (χ4n) is 2.73. The van der Waals surface area contributed by atoms with Gasteiger partial charge in [-0.25, -0.2) is 9.18 Å². The fourth-order valence-corrected chi connectivity index (χ4v) is 4.42. The smallest absolute Gasteiger partial charge is 0.341 e. The molecule has 0 amide bonds. The topological polar surface area (TPSA) is 46.5 Å². The number of carboxylic acids is 1. The van der Waals surface area contributed by atoms with E-state index in [9.17, 15) is 9.18 Å². The molecule has 3 rings (SSSR count). The van der Waals surface area contributed by atoms with Gasteiger partial charge in [-0.3, -0.25) is 0 Å². The normalized spacial score (nSPS) is 11.3. The Bertz CT molecular complexity index is 1020. The zero-order valence-electron chi connectivity index (χ0n) is 15.3. The molecule has 0 aliphatic heterocycles. The van der Waals surface area contributed by atoms with Gasteiger partial charge in [-0.05, 0) is 58.0 Å². The van der Waals surface area contributed by atoms with E-state index < -0.39 is 5.97 Å². The third-order valence-corrected chi connectivity index (χ3v) is 5.80. The minimum atomic E-state index is -1.01. The highest BCUT2D eigenvalue weighted by Crippen LogP contribution is 2.30. The number of hydrogen-bond acceptors (Lipinski definition) is 3. The van der Waals surface area contributed by atoms with Crippen molar-refractivity contribution >= 4 is 45.9 Å². The summed E-state index contributed by atoms with van der Waals surface area (Å²) in [5.41, 5.74) is 2.39. The van der Waals surface area contributed by atoms with Crippen LogP contribution in [-0.2, 0) is 4.79 Å². The van der Waals surface area contributed by atoms with Crippen molar-refractivity contribution in [2.24, 2.45) is 0 Å². The Morgan fingerprint density at radius 1 is 1.07 bits per heavy atom. The van der Waals surface area contributed by atoms with E-state index >= 15 is 0 Å². The first kappa shape index (κ1) is 21.4. The highest BCUT2D eigenvalue weighted by atomic mass is 127. The third-order valence-electron chi connectivity index (χ3n) is 4.04. The van der Waals surface area contributed by atoms with Gasteiger partial charge in [0, 0.05) is 16.2 Å². The standard InChI is InChI=1S/C23H18FIO3S/c24-20-9-5-4-8-19(20)18(16-6-2-1-3-7-16)12-13-29-17-10-11-22(21(25)14-17)28-15-23(26)27/h1-12,14H,13,15H2,(H,26,27)/b18-12-. The number of hydrogen-bond donors (Lipinski definition) is 1. The van der Waals surface area contributed by atoms with Crippen molar-refractivity contribution in [3.8, 4) is 5.75 Å². The monoisotopic (exact) mass is 520 g/mol. The van der Waals surface area contributed by atoms with Gasteiger partial charge < -0.3 is 9.84 Å². The molecule has 6 heteroatoms. The molecular weight excluding hydrogens is 502 g/mol. The highest BCUT2D eigenvalue weighted by molar-refractivity contribution is 14.1. The molecule has 0 bridgehead atoms. The van der Waals surface area contributed by atoms with Crippen LogP contribution >= 0.6 is 34.4 Å². The number of benzene rings is 3. The van der Waals surface area contributed by atoms with Gasteiger partial charge in [-0.15, -0.1) is 11.8 Å². The Hall–Kier alpha value is -2.32.